The fourth-order valence-electron chi connectivity index (χ4n) is 3.66. The molecule has 2 heterocycles. The van der Waals surface area contributed by atoms with E-state index >= 15 is 0 Å². The van der Waals surface area contributed by atoms with Crippen LogP contribution in [0.4, 0.5) is 10.1 Å². The number of ether oxygens (including phenoxy) is 3. The zero-order valence-corrected chi connectivity index (χ0v) is 15.5. The summed E-state index contributed by atoms with van der Waals surface area (Å²) in [5.41, 5.74) is 0.542. The van der Waals surface area contributed by atoms with E-state index in [0.29, 0.717) is 31.3 Å². The first-order chi connectivity index (χ1) is 14.0. The van der Waals surface area contributed by atoms with E-state index in [1.807, 2.05) is 18.2 Å². The number of hydrogen-bond acceptors (Lipinski definition) is 6. The molecule has 2 aromatic rings. The summed E-state index contributed by atoms with van der Waals surface area (Å²) < 4.78 is 29.9. The van der Waals surface area contributed by atoms with Gasteiger partial charge in [0.1, 0.15) is 19.0 Å². The molecule has 1 atom stereocenters. The minimum absolute atomic E-state index is 0.149. The molecule has 8 nitrogen and oxygen atoms in total. The van der Waals surface area contributed by atoms with Gasteiger partial charge >= 0.3 is 5.69 Å². The number of halogens is 1. The standard InChI is InChI=1S/C20H19FN2O6/c21-14-4-5-16(23(25)26)18(11-14)29-12-20(24)22-7-1-2-15(22)13-3-6-17-19(10-13)28-9-8-27-17/h3-6,10-11,15H,1-2,7-9,12H2. The Morgan fingerprint density at radius 1 is 1.21 bits per heavy atom. The maximum absolute atomic E-state index is 13.4. The average molecular weight is 402 g/mol. The monoisotopic (exact) mass is 402 g/mol. The van der Waals surface area contributed by atoms with Crippen LogP contribution in [0.5, 0.6) is 17.2 Å². The van der Waals surface area contributed by atoms with Gasteiger partial charge < -0.3 is 19.1 Å². The number of fused-ring (bicyclic) bond motifs is 1. The number of benzene rings is 2. The van der Waals surface area contributed by atoms with E-state index in [2.05, 4.69) is 0 Å². The molecule has 1 unspecified atom stereocenters. The number of nitrogens with zero attached hydrogens (tertiary/aromatic N) is 2. The Bertz CT molecular complexity index is 951. The van der Waals surface area contributed by atoms with E-state index in [-0.39, 0.29) is 23.4 Å². The molecule has 0 saturated carbocycles. The second-order valence-corrected chi connectivity index (χ2v) is 6.81. The zero-order chi connectivity index (χ0) is 20.4. The number of carbonyl (C=O) groups is 1. The number of carbonyl (C=O) groups excluding carboxylic acids is 1. The minimum Gasteiger partial charge on any atom is -0.486 e. The van der Waals surface area contributed by atoms with Crippen LogP contribution in [0.3, 0.4) is 0 Å². The minimum atomic E-state index is -0.674. The summed E-state index contributed by atoms with van der Waals surface area (Å²) in [5.74, 6) is 0.0741. The number of amides is 1. The molecule has 0 bridgehead atoms. The number of hydrogen-bond donors (Lipinski definition) is 0. The third kappa shape index (κ3) is 3.94. The van der Waals surface area contributed by atoms with Crippen LogP contribution < -0.4 is 14.2 Å². The fraction of sp³-hybridized carbons (Fsp3) is 0.350. The third-order valence-corrected chi connectivity index (χ3v) is 4.99. The van der Waals surface area contributed by atoms with Crippen molar-refractivity contribution in [2.75, 3.05) is 26.4 Å². The van der Waals surface area contributed by atoms with Crippen LogP contribution in [-0.2, 0) is 4.79 Å². The lowest BCUT2D eigenvalue weighted by Gasteiger charge is -2.26. The molecule has 29 heavy (non-hydrogen) atoms. The lowest BCUT2D eigenvalue weighted by atomic mass is 10.0. The van der Waals surface area contributed by atoms with Crippen LogP contribution in [0.1, 0.15) is 24.4 Å². The van der Waals surface area contributed by atoms with Crippen molar-refractivity contribution in [1.29, 1.82) is 0 Å². The van der Waals surface area contributed by atoms with Gasteiger partial charge in [0, 0.05) is 18.7 Å². The predicted octanol–water partition coefficient (Wildman–Crippen LogP) is 3.25. The Kier molecular flexibility index (Phi) is 5.20. The highest BCUT2D eigenvalue weighted by Crippen LogP contribution is 2.38. The molecular weight excluding hydrogens is 383 g/mol. The lowest BCUT2D eigenvalue weighted by molar-refractivity contribution is -0.385. The molecule has 0 radical (unpaired) electrons. The van der Waals surface area contributed by atoms with Gasteiger partial charge in [-0.3, -0.25) is 14.9 Å². The third-order valence-electron chi connectivity index (χ3n) is 4.99. The summed E-state index contributed by atoms with van der Waals surface area (Å²) in [4.78, 5) is 24.8. The summed E-state index contributed by atoms with van der Waals surface area (Å²) in [6.45, 7) is 1.12. The first-order valence-corrected chi connectivity index (χ1v) is 9.28. The molecule has 1 fully saturated rings. The van der Waals surface area contributed by atoms with Crippen LogP contribution in [0, 0.1) is 15.9 Å². The number of nitro groups is 1. The molecule has 1 amide bonds. The summed E-state index contributed by atoms with van der Waals surface area (Å²) in [7, 11) is 0. The van der Waals surface area contributed by atoms with Crippen molar-refractivity contribution >= 4 is 11.6 Å². The van der Waals surface area contributed by atoms with Gasteiger partial charge in [0.15, 0.2) is 18.1 Å². The molecule has 0 aromatic heterocycles. The summed E-state index contributed by atoms with van der Waals surface area (Å²) in [6.07, 6.45) is 1.61. The van der Waals surface area contributed by atoms with E-state index < -0.39 is 17.3 Å². The highest BCUT2D eigenvalue weighted by molar-refractivity contribution is 5.79. The van der Waals surface area contributed by atoms with Crippen molar-refractivity contribution in [3.63, 3.8) is 0 Å². The van der Waals surface area contributed by atoms with Gasteiger partial charge in [-0.2, -0.15) is 0 Å². The first-order valence-electron chi connectivity index (χ1n) is 9.28. The van der Waals surface area contributed by atoms with Gasteiger partial charge in [0.2, 0.25) is 5.75 Å². The summed E-state index contributed by atoms with van der Waals surface area (Å²) in [5, 5.41) is 11.1. The summed E-state index contributed by atoms with van der Waals surface area (Å²) in [6, 6.07) is 8.37. The highest BCUT2D eigenvalue weighted by Gasteiger charge is 2.31. The first kappa shape index (κ1) is 19.0. The lowest BCUT2D eigenvalue weighted by Crippen LogP contribution is -2.34. The predicted molar refractivity (Wildman–Crippen MR) is 99.7 cm³/mol. The molecule has 152 valence electrons. The van der Waals surface area contributed by atoms with Crippen molar-refractivity contribution in [3.05, 3.63) is 57.9 Å². The Morgan fingerprint density at radius 2 is 2.00 bits per heavy atom. The van der Waals surface area contributed by atoms with Crippen LogP contribution in [-0.4, -0.2) is 42.1 Å². The Balaban J connectivity index is 1.47. The van der Waals surface area contributed by atoms with Crippen LogP contribution in [0.2, 0.25) is 0 Å². The maximum atomic E-state index is 13.4. The largest absolute Gasteiger partial charge is 0.486 e. The number of nitro benzene ring substituents is 1. The number of rotatable bonds is 5. The molecule has 9 heteroatoms. The molecule has 2 aliphatic heterocycles. The molecule has 4 rings (SSSR count). The Morgan fingerprint density at radius 3 is 2.79 bits per heavy atom. The van der Waals surface area contributed by atoms with E-state index in [0.717, 1.165) is 36.6 Å². The maximum Gasteiger partial charge on any atom is 0.311 e. The zero-order valence-electron chi connectivity index (χ0n) is 15.5. The smallest absolute Gasteiger partial charge is 0.311 e. The van der Waals surface area contributed by atoms with Crippen molar-refractivity contribution in [3.8, 4) is 17.2 Å². The summed E-state index contributed by atoms with van der Waals surface area (Å²) >= 11 is 0. The normalized spacial score (nSPS) is 17.8. The molecule has 2 aromatic carbocycles. The highest BCUT2D eigenvalue weighted by atomic mass is 19.1. The molecule has 0 spiro atoms. The second-order valence-electron chi connectivity index (χ2n) is 6.81. The van der Waals surface area contributed by atoms with Gasteiger partial charge in [0.25, 0.3) is 5.91 Å². The van der Waals surface area contributed by atoms with Gasteiger partial charge in [-0.15, -0.1) is 0 Å². The van der Waals surface area contributed by atoms with Crippen LogP contribution in [0.25, 0.3) is 0 Å². The van der Waals surface area contributed by atoms with Crippen molar-refractivity contribution in [1.82, 2.24) is 4.90 Å². The molecular formula is C20H19FN2O6. The SMILES string of the molecule is O=C(COc1cc(F)ccc1[N+](=O)[O-])N1CCCC1c1ccc2c(c1)OCCO2. The van der Waals surface area contributed by atoms with E-state index in [9.17, 15) is 19.3 Å². The van der Waals surface area contributed by atoms with Crippen molar-refractivity contribution in [2.24, 2.45) is 0 Å². The molecule has 1 saturated heterocycles. The van der Waals surface area contributed by atoms with Crippen molar-refractivity contribution in [2.45, 2.75) is 18.9 Å². The van der Waals surface area contributed by atoms with Gasteiger partial charge in [-0.1, -0.05) is 6.07 Å². The molecule has 0 aliphatic carbocycles. The second kappa shape index (κ2) is 7.94. The van der Waals surface area contributed by atoms with Crippen LogP contribution >= 0.6 is 0 Å². The fourth-order valence-corrected chi connectivity index (χ4v) is 3.66. The Hall–Kier alpha value is -3.36. The van der Waals surface area contributed by atoms with Crippen molar-refractivity contribution < 1.29 is 28.3 Å². The van der Waals surface area contributed by atoms with Gasteiger partial charge in [0.05, 0.1) is 11.0 Å². The van der Waals surface area contributed by atoms with Crippen LogP contribution in [0.15, 0.2) is 36.4 Å². The number of likely N-dealkylation sites (tertiary alicyclic amines) is 1. The van der Waals surface area contributed by atoms with Gasteiger partial charge in [-0.25, -0.2) is 4.39 Å². The Labute approximate surface area is 165 Å². The van der Waals surface area contributed by atoms with E-state index in [1.54, 1.807) is 4.90 Å². The van der Waals surface area contributed by atoms with E-state index in [1.165, 1.54) is 0 Å². The quantitative estimate of drug-likeness (QED) is 0.563. The van der Waals surface area contributed by atoms with E-state index in [4.69, 9.17) is 14.2 Å². The average Bonchev–Trinajstić information content (AvgIpc) is 3.21. The molecule has 2 aliphatic rings. The topological polar surface area (TPSA) is 91.1 Å². The molecule has 0 N–H and O–H groups in total. The van der Waals surface area contributed by atoms with Gasteiger partial charge in [-0.05, 0) is 36.6 Å².